The van der Waals surface area contributed by atoms with E-state index in [4.69, 9.17) is 33.9 Å². The molecule has 47 heteroatoms. The molecule has 47 nitrogen and oxygen atoms in total. The van der Waals surface area contributed by atoms with Gasteiger partial charge in [-0.1, -0.05) is 66.7 Å². The van der Waals surface area contributed by atoms with Crippen molar-refractivity contribution in [1.29, 1.82) is 0 Å². The van der Waals surface area contributed by atoms with Crippen molar-refractivity contribution in [3.8, 4) is 0 Å². The number of hydrogen-bond donors (Lipinski definition) is 16. The molecule has 5 fully saturated rings. The zero-order valence-corrected chi connectivity index (χ0v) is 68.6. The van der Waals surface area contributed by atoms with Crippen molar-refractivity contribution in [2.45, 2.75) is 169 Å². The van der Waals surface area contributed by atoms with Crippen LogP contribution >= 0.6 is 0 Å². The lowest BCUT2D eigenvalue weighted by Gasteiger charge is -2.18. The average Bonchev–Trinajstić information content (AvgIpc) is 1.69. The zero-order chi connectivity index (χ0) is 92.5. The summed E-state index contributed by atoms with van der Waals surface area (Å²) in [4.78, 5) is 137. The monoisotopic (exact) mass is 1800 g/mol. The second-order valence-corrected chi connectivity index (χ2v) is 30.4. The lowest BCUT2D eigenvalue weighted by atomic mass is 10.1. The van der Waals surface area contributed by atoms with E-state index in [2.05, 4.69) is 30.2 Å². The van der Waals surface area contributed by atoms with Gasteiger partial charge in [-0.05, 0) is 54.1 Å². The molecular formula is C82H93N17O30. The summed E-state index contributed by atoms with van der Waals surface area (Å²) in [5.74, 6) is 0.274. The van der Waals surface area contributed by atoms with Crippen molar-refractivity contribution in [1.82, 2.24) is 80.6 Å². The van der Waals surface area contributed by atoms with Crippen LogP contribution in [0.4, 0.5) is 0 Å². The predicted octanol–water partition coefficient (Wildman–Crippen LogP) is -8.20. The van der Waals surface area contributed by atoms with Crippen LogP contribution in [-0.2, 0) is 69.9 Å². The Morgan fingerprint density at radius 2 is 0.721 bits per heavy atom. The van der Waals surface area contributed by atoms with Gasteiger partial charge in [-0.3, -0.25) is 84.4 Å². The van der Waals surface area contributed by atoms with Gasteiger partial charge in [0, 0.05) is 110 Å². The maximum Gasteiger partial charge on any atom is 0.333 e. The van der Waals surface area contributed by atoms with Crippen LogP contribution in [0.3, 0.4) is 0 Å². The van der Waals surface area contributed by atoms with Crippen LogP contribution < -0.4 is 56.2 Å². The largest absolute Gasteiger partial charge is 0.394 e. The van der Waals surface area contributed by atoms with E-state index in [1.165, 1.54) is 67.6 Å². The number of hydrogen-bond acceptors (Lipinski definition) is 35. The Hall–Kier alpha value is -12.6. The van der Waals surface area contributed by atoms with Crippen molar-refractivity contribution in [3.05, 3.63) is 315 Å². The number of benzene rings is 3. The van der Waals surface area contributed by atoms with Crippen LogP contribution in [0.1, 0.15) is 65.2 Å². The first-order chi connectivity index (χ1) is 61.9. The third-order valence-corrected chi connectivity index (χ3v) is 22.2. The van der Waals surface area contributed by atoms with Crippen LogP contribution in [0.15, 0.2) is 225 Å². The summed E-state index contributed by atoms with van der Waals surface area (Å²) in [7, 11) is 1.72. The third kappa shape index (κ3) is 20.0. The average molecular weight is 1800 g/mol. The van der Waals surface area contributed by atoms with Gasteiger partial charge in [0.15, 0.2) is 31.1 Å². The Morgan fingerprint density at radius 3 is 1.12 bits per heavy atom. The molecule has 16 N–H and O–H groups in total. The Labute approximate surface area is 723 Å². The number of pyridine rings is 1. The van der Waals surface area contributed by atoms with Crippen molar-refractivity contribution < 1.29 is 100 Å². The highest BCUT2D eigenvalue weighted by Crippen LogP contribution is 2.33. The van der Waals surface area contributed by atoms with E-state index in [0.29, 0.717) is 29.0 Å². The van der Waals surface area contributed by atoms with Crippen molar-refractivity contribution in [3.63, 3.8) is 0 Å². The number of aliphatic hydroxyl groups excluding tert-OH is 15. The smallest absolute Gasteiger partial charge is 0.333 e. The van der Waals surface area contributed by atoms with Gasteiger partial charge in [-0.15, -0.1) is 0 Å². The zero-order valence-electron chi connectivity index (χ0n) is 68.6. The molecule has 0 amide bonds. The lowest BCUT2D eigenvalue weighted by Crippen LogP contribution is -2.43. The fraction of sp³-hybridized carbons (Fsp3) is 0.402. The number of aryl methyl sites for hydroxylation is 3. The predicted molar refractivity (Wildman–Crippen MR) is 444 cm³/mol. The summed E-state index contributed by atoms with van der Waals surface area (Å²) in [6, 6.07) is 33.5. The van der Waals surface area contributed by atoms with Gasteiger partial charge in [0.05, 0.1) is 81.8 Å². The van der Waals surface area contributed by atoms with Crippen LogP contribution in [-0.4, -0.2) is 282 Å². The molecule has 0 spiro atoms. The molecule has 0 radical (unpaired) electrons. The van der Waals surface area contributed by atoms with Gasteiger partial charge in [-0.2, -0.15) is 10.2 Å². The van der Waals surface area contributed by atoms with Crippen LogP contribution in [0.2, 0.25) is 0 Å². The van der Waals surface area contributed by atoms with Gasteiger partial charge in [0.25, 0.3) is 27.8 Å². The first-order valence-electron chi connectivity index (χ1n) is 40.2. The molecule has 686 valence electrons. The van der Waals surface area contributed by atoms with Crippen LogP contribution in [0, 0.1) is 6.92 Å². The van der Waals surface area contributed by atoms with Crippen LogP contribution in [0.25, 0.3) is 21.7 Å². The molecule has 0 saturated carbocycles. The highest BCUT2D eigenvalue weighted by Gasteiger charge is 2.49. The number of H-pyrrole nitrogens is 1. The molecule has 129 heavy (non-hydrogen) atoms. The third-order valence-electron chi connectivity index (χ3n) is 22.2. The molecule has 20 atom stereocenters. The van der Waals surface area contributed by atoms with Gasteiger partial charge in [-0.25, -0.2) is 33.9 Å². The lowest BCUT2D eigenvalue weighted by molar-refractivity contribution is -0.0556. The number of nitrogens with one attached hydrogen (secondary N) is 1. The highest BCUT2D eigenvalue weighted by atomic mass is 16.6. The molecule has 9 aromatic heterocycles. The molecule has 5 aliphatic rings. The van der Waals surface area contributed by atoms with Gasteiger partial charge < -0.3 is 100 Å². The standard InChI is InChI=1S/C19H19N3O6.C18H22N2O6.C17H18N4O6.C14H18N4O6.C14H16N4O6/c23-10-14-16(25)17(26)18(28-14)21-8-6-15(24)22(19(21)27)9-13-12-4-2-1-3-11(12)5-7-20-13;1-11-4-2-3-5-12(11)6-8-19-14(22)7-9-20(18(19)25)17-16(24)15(23)13(10-21)26-17;22-8-12-14(24)15(25)16(27-12)20-6-5-13(23)21(17(20)26)7-11-9-3-1-2-4-10(9)18-19-11;1-16-4-2-8(15-16)6-18-10(20)3-5-17(14(18)23)13-12(22)11(21)9(7-19)24-13;19-7-8-11(21)12(22)13(24-8)17-5-2-10(20)18(14(17)23)6-9-15-3-1-4-16-9/h1-8,14,16-18,23,25-26H,9-10H2;2-5,7,9,13,15-17,21,23-24H,6,8,10H2,1H3;1-6,12,14-16,22,24-25H,7-8H2,(H,18,19);2-5,9,11-13,19,21-22H,6-7H2,1H3;1-5,8,11-13,19,21-22H,6-7H2/t14-,16?,17+,18-;13-,15?,16+,17-;12-,14?,15+,16-;9-,11?,12+,13-;8-,11?,12+,13-/m11111/s1. The van der Waals surface area contributed by atoms with E-state index < -0.39 is 212 Å². The Kier molecular flexibility index (Phi) is 30.1. The number of aliphatic hydroxyl groups is 15. The first-order valence-corrected chi connectivity index (χ1v) is 40.2. The van der Waals surface area contributed by atoms with E-state index in [-0.39, 0.29) is 38.5 Å². The Balaban J connectivity index is 0.000000138. The number of fused-ring (bicyclic) bond motifs is 2. The Bertz CT molecular complexity index is 6560. The van der Waals surface area contributed by atoms with Gasteiger partial charge >= 0.3 is 28.4 Å². The summed E-state index contributed by atoms with van der Waals surface area (Å²) in [6.07, 6.45) is -12.0. The SMILES string of the molecule is Cc1ccccc1CCn1c(=O)ccn([C@@H]2O[C@H](CO)C(O)[C@@H]2O)c1=O.Cn1ccc(Cn2c(=O)ccn([C@@H]3O[C@H](CO)C(O)[C@@H]3O)c2=O)n1.O=c1ccn([C@@H]2O[C@H](CO)C(O)[C@@H]2O)c(=O)n1Cc1[nH]nc2ccccc12.O=c1ccn([C@@H]2O[C@H](CO)C(O)[C@@H]2O)c(=O)n1Cc1nccc2ccccc12.O=c1ccn([C@@H]2O[C@H](CO)C(O)[C@@H]2O)c(=O)n1Cc1ncccn1. The topological polar surface area (TPSA) is 655 Å². The number of aromatic amines is 1. The van der Waals surface area contributed by atoms with E-state index in [1.54, 1.807) is 42.3 Å². The molecule has 0 aliphatic carbocycles. The van der Waals surface area contributed by atoms with Gasteiger partial charge in [0.1, 0.15) is 97.4 Å². The minimum absolute atomic E-state index is 0.0336. The number of para-hydroxylation sites is 1. The fourth-order valence-electron chi connectivity index (χ4n) is 15.1. The molecule has 5 unspecified atom stereocenters. The second kappa shape index (κ2) is 41.2. The molecule has 14 heterocycles. The summed E-state index contributed by atoms with van der Waals surface area (Å²) >= 11 is 0. The maximum atomic E-state index is 12.9. The van der Waals surface area contributed by atoms with Crippen molar-refractivity contribution >= 4 is 21.7 Å². The number of ether oxygens (including phenoxy) is 5. The highest BCUT2D eigenvalue weighted by molar-refractivity contribution is 5.84. The fourth-order valence-corrected chi connectivity index (χ4v) is 15.1. The molecule has 12 aromatic rings. The first kappa shape index (κ1) is 94.1. The normalized spacial score (nSPS) is 25.7. The summed E-state index contributed by atoms with van der Waals surface area (Å²) < 4.78 is 38.4. The number of aromatic nitrogens is 17. The molecule has 5 saturated heterocycles. The van der Waals surface area contributed by atoms with E-state index in [9.17, 15) is 114 Å². The molecular weight excluding hydrogens is 1700 g/mol. The number of nitrogens with zero attached hydrogens (tertiary/aromatic N) is 16. The molecule has 3 aromatic carbocycles. The molecule has 0 bridgehead atoms. The quantitative estimate of drug-likeness (QED) is 0.0318. The molecule has 5 aliphatic heterocycles. The summed E-state index contributed by atoms with van der Waals surface area (Å²) in [5.41, 5.74) is -1.62. The molecule has 17 rings (SSSR count). The van der Waals surface area contributed by atoms with Crippen molar-refractivity contribution in [2.75, 3.05) is 33.0 Å². The van der Waals surface area contributed by atoms with Gasteiger partial charge in [0.2, 0.25) is 0 Å². The van der Waals surface area contributed by atoms with E-state index in [1.807, 2.05) is 79.7 Å². The minimum Gasteiger partial charge on any atom is -0.394 e. The van der Waals surface area contributed by atoms with E-state index in [0.717, 1.165) is 79.0 Å². The number of rotatable bonds is 21. The summed E-state index contributed by atoms with van der Waals surface area (Å²) in [6.45, 7) is -0.676. The summed E-state index contributed by atoms with van der Waals surface area (Å²) in [5, 5.41) is 159. The Morgan fingerprint density at radius 1 is 0.357 bits per heavy atom. The van der Waals surface area contributed by atoms with Crippen LogP contribution in [0.5, 0.6) is 0 Å². The second-order valence-electron chi connectivity index (χ2n) is 30.4. The van der Waals surface area contributed by atoms with Crippen molar-refractivity contribution in [2.24, 2.45) is 7.05 Å². The maximum absolute atomic E-state index is 12.9. The van der Waals surface area contributed by atoms with E-state index >= 15 is 0 Å². The minimum atomic E-state index is -1.42.